The molecular formula is C20H15Cl3N2O3S. The number of carbonyl (C=O) groups excluding carboxylic acids is 1. The lowest BCUT2D eigenvalue weighted by molar-refractivity contribution is 0.102. The van der Waals surface area contributed by atoms with Crippen LogP contribution in [0.1, 0.15) is 15.9 Å². The van der Waals surface area contributed by atoms with E-state index in [1.807, 2.05) is 6.92 Å². The predicted octanol–water partition coefficient (Wildman–Crippen LogP) is 6.01. The van der Waals surface area contributed by atoms with Crippen LogP contribution in [0.4, 0.5) is 11.4 Å². The first kappa shape index (κ1) is 21.5. The fraction of sp³-hybridized carbons (Fsp3) is 0.0500. The average Bonchev–Trinajstić information content (AvgIpc) is 2.66. The maximum Gasteiger partial charge on any atom is 0.261 e. The molecular weight excluding hydrogens is 455 g/mol. The first-order valence-electron chi connectivity index (χ1n) is 8.31. The van der Waals surface area contributed by atoms with Crippen LogP contribution >= 0.6 is 34.8 Å². The highest BCUT2D eigenvalue weighted by molar-refractivity contribution is 7.92. The Morgan fingerprint density at radius 2 is 1.52 bits per heavy atom. The van der Waals surface area contributed by atoms with Gasteiger partial charge in [-0.1, -0.05) is 52.5 Å². The van der Waals surface area contributed by atoms with Crippen LogP contribution in [-0.2, 0) is 10.0 Å². The van der Waals surface area contributed by atoms with E-state index in [1.54, 1.807) is 24.3 Å². The lowest BCUT2D eigenvalue weighted by atomic mass is 10.2. The molecule has 0 bridgehead atoms. The summed E-state index contributed by atoms with van der Waals surface area (Å²) in [7, 11) is -3.81. The standard InChI is InChI=1S/C20H15Cl3N2O3S/c1-12-2-6-15(7-3-12)29(27,28)25-18-9-4-13(10-17(18)23)20(26)24-19-11-14(21)5-8-16(19)22/h2-11,25H,1H3,(H,24,26). The monoisotopic (exact) mass is 468 g/mol. The molecule has 0 unspecified atom stereocenters. The van der Waals surface area contributed by atoms with E-state index in [0.717, 1.165) is 5.56 Å². The fourth-order valence-electron chi connectivity index (χ4n) is 2.45. The minimum Gasteiger partial charge on any atom is -0.321 e. The highest BCUT2D eigenvalue weighted by Gasteiger charge is 2.17. The van der Waals surface area contributed by atoms with E-state index in [0.29, 0.717) is 15.7 Å². The van der Waals surface area contributed by atoms with Gasteiger partial charge in [0.25, 0.3) is 15.9 Å². The molecule has 0 fully saturated rings. The molecule has 0 heterocycles. The minimum atomic E-state index is -3.81. The molecule has 0 saturated heterocycles. The SMILES string of the molecule is Cc1ccc(S(=O)(=O)Nc2ccc(C(=O)Nc3cc(Cl)ccc3Cl)cc2Cl)cc1. The Morgan fingerprint density at radius 3 is 2.17 bits per heavy atom. The molecule has 1 amide bonds. The summed E-state index contributed by atoms with van der Waals surface area (Å²) in [5.41, 5.74) is 1.68. The number of benzene rings is 3. The van der Waals surface area contributed by atoms with Crippen LogP contribution in [0.2, 0.25) is 15.1 Å². The Labute approximate surface area is 183 Å². The van der Waals surface area contributed by atoms with Crippen molar-refractivity contribution in [3.63, 3.8) is 0 Å². The van der Waals surface area contributed by atoms with Gasteiger partial charge in [0.2, 0.25) is 0 Å². The summed E-state index contributed by atoms with van der Waals surface area (Å²) in [4.78, 5) is 12.6. The van der Waals surface area contributed by atoms with Gasteiger partial charge in [0.05, 0.1) is 26.3 Å². The van der Waals surface area contributed by atoms with E-state index < -0.39 is 15.9 Å². The van der Waals surface area contributed by atoms with Gasteiger partial charge in [0.15, 0.2) is 0 Å². The van der Waals surface area contributed by atoms with E-state index >= 15 is 0 Å². The van der Waals surface area contributed by atoms with Crippen molar-refractivity contribution < 1.29 is 13.2 Å². The van der Waals surface area contributed by atoms with Gasteiger partial charge in [-0.05, 0) is 55.5 Å². The molecule has 0 aliphatic heterocycles. The Balaban J connectivity index is 1.80. The van der Waals surface area contributed by atoms with Gasteiger partial charge < -0.3 is 5.32 Å². The molecule has 3 rings (SSSR count). The fourth-order valence-corrected chi connectivity index (χ4v) is 4.15. The third-order valence-electron chi connectivity index (χ3n) is 3.98. The average molecular weight is 470 g/mol. The molecule has 0 atom stereocenters. The molecule has 0 saturated carbocycles. The van der Waals surface area contributed by atoms with Gasteiger partial charge in [-0.15, -0.1) is 0 Å². The van der Waals surface area contributed by atoms with Crippen LogP contribution in [-0.4, -0.2) is 14.3 Å². The van der Waals surface area contributed by atoms with E-state index in [-0.39, 0.29) is 21.2 Å². The first-order valence-corrected chi connectivity index (χ1v) is 10.9. The molecule has 0 radical (unpaired) electrons. The van der Waals surface area contributed by atoms with Crippen molar-refractivity contribution in [1.82, 2.24) is 0 Å². The number of nitrogens with one attached hydrogen (secondary N) is 2. The summed E-state index contributed by atoms with van der Waals surface area (Å²) in [6, 6.07) is 15.3. The predicted molar refractivity (Wildman–Crippen MR) is 118 cm³/mol. The summed E-state index contributed by atoms with van der Waals surface area (Å²) in [5.74, 6) is -0.469. The number of halogens is 3. The molecule has 3 aromatic rings. The number of hydrogen-bond donors (Lipinski definition) is 2. The summed E-state index contributed by atoms with van der Waals surface area (Å²) >= 11 is 18.2. The van der Waals surface area contributed by atoms with E-state index in [4.69, 9.17) is 34.8 Å². The third kappa shape index (κ3) is 5.22. The zero-order valence-corrected chi connectivity index (χ0v) is 18.1. The van der Waals surface area contributed by atoms with Crippen LogP contribution < -0.4 is 10.0 Å². The number of rotatable bonds is 5. The van der Waals surface area contributed by atoms with Crippen LogP contribution in [0.3, 0.4) is 0 Å². The Kier molecular flexibility index (Phi) is 6.39. The van der Waals surface area contributed by atoms with Crippen LogP contribution in [0.5, 0.6) is 0 Å². The second kappa shape index (κ2) is 8.63. The number of anilines is 2. The van der Waals surface area contributed by atoms with Gasteiger partial charge in [0, 0.05) is 10.6 Å². The third-order valence-corrected chi connectivity index (χ3v) is 6.24. The van der Waals surface area contributed by atoms with Gasteiger partial charge in [-0.2, -0.15) is 0 Å². The lowest BCUT2D eigenvalue weighted by Gasteiger charge is -2.12. The first-order chi connectivity index (χ1) is 13.7. The molecule has 0 spiro atoms. The van der Waals surface area contributed by atoms with Crippen molar-refractivity contribution in [3.05, 3.63) is 86.9 Å². The van der Waals surface area contributed by atoms with Gasteiger partial charge in [-0.3, -0.25) is 9.52 Å². The van der Waals surface area contributed by atoms with E-state index in [9.17, 15) is 13.2 Å². The summed E-state index contributed by atoms with van der Waals surface area (Å²) in [6.45, 7) is 1.86. The molecule has 29 heavy (non-hydrogen) atoms. The Bertz CT molecular complexity index is 1180. The number of sulfonamides is 1. The normalized spacial score (nSPS) is 11.2. The zero-order chi connectivity index (χ0) is 21.2. The van der Waals surface area contributed by atoms with Gasteiger partial charge in [-0.25, -0.2) is 8.42 Å². The van der Waals surface area contributed by atoms with Crippen molar-refractivity contribution in [2.45, 2.75) is 11.8 Å². The molecule has 0 aromatic heterocycles. The summed E-state index contributed by atoms with van der Waals surface area (Å²) in [6.07, 6.45) is 0. The molecule has 5 nitrogen and oxygen atoms in total. The van der Waals surface area contributed by atoms with Crippen molar-refractivity contribution in [1.29, 1.82) is 0 Å². The lowest BCUT2D eigenvalue weighted by Crippen LogP contribution is -2.15. The van der Waals surface area contributed by atoms with Gasteiger partial charge >= 0.3 is 0 Å². The van der Waals surface area contributed by atoms with Crippen LogP contribution in [0, 0.1) is 6.92 Å². The van der Waals surface area contributed by atoms with Crippen molar-refractivity contribution in [2.75, 3.05) is 10.0 Å². The summed E-state index contributed by atoms with van der Waals surface area (Å²) < 4.78 is 27.5. The van der Waals surface area contributed by atoms with Crippen molar-refractivity contribution >= 4 is 62.1 Å². The highest BCUT2D eigenvalue weighted by atomic mass is 35.5. The molecule has 9 heteroatoms. The summed E-state index contributed by atoms with van der Waals surface area (Å²) in [5, 5.41) is 3.47. The van der Waals surface area contributed by atoms with Crippen molar-refractivity contribution in [3.8, 4) is 0 Å². The van der Waals surface area contributed by atoms with Crippen LogP contribution in [0.25, 0.3) is 0 Å². The number of amides is 1. The smallest absolute Gasteiger partial charge is 0.261 e. The molecule has 0 aliphatic rings. The Morgan fingerprint density at radius 1 is 0.828 bits per heavy atom. The number of aryl methyl sites for hydroxylation is 1. The second-order valence-electron chi connectivity index (χ2n) is 6.19. The van der Waals surface area contributed by atoms with E-state index in [2.05, 4.69) is 10.0 Å². The zero-order valence-electron chi connectivity index (χ0n) is 15.0. The number of hydrogen-bond acceptors (Lipinski definition) is 3. The highest BCUT2D eigenvalue weighted by Crippen LogP contribution is 2.28. The molecule has 0 aliphatic carbocycles. The molecule has 2 N–H and O–H groups in total. The number of carbonyl (C=O) groups is 1. The van der Waals surface area contributed by atoms with Gasteiger partial charge in [0.1, 0.15) is 0 Å². The molecule has 150 valence electrons. The maximum absolute atomic E-state index is 12.5. The quantitative estimate of drug-likeness (QED) is 0.480. The maximum atomic E-state index is 12.5. The van der Waals surface area contributed by atoms with Crippen molar-refractivity contribution in [2.24, 2.45) is 0 Å². The Hall–Kier alpha value is -2.25. The minimum absolute atomic E-state index is 0.0746. The largest absolute Gasteiger partial charge is 0.321 e. The molecule has 3 aromatic carbocycles. The van der Waals surface area contributed by atoms with E-state index in [1.165, 1.54) is 36.4 Å². The topological polar surface area (TPSA) is 75.3 Å². The second-order valence-corrected chi connectivity index (χ2v) is 9.12. The van der Waals surface area contributed by atoms with Crippen LogP contribution in [0.15, 0.2) is 65.6 Å².